The van der Waals surface area contributed by atoms with E-state index < -0.39 is 0 Å². The van der Waals surface area contributed by atoms with Crippen molar-refractivity contribution < 1.29 is 4.39 Å². The number of nitrogens with one attached hydrogen (secondary N) is 1. The van der Waals surface area contributed by atoms with Gasteiger partial charge in [0.1, 0.15) is 5.82 Å². The zero-order chi connectivity index (χ0) is 13.2. The molecule has 0 aliphatic carbocycles. The Labute approximate surface area is 113 Å². The van der Waals surface area contributed by atoms with Crippen LogP contribution in [0.2, 0.25) is 0 Å². The SMILES string of the molecule is CCn1c(CN2CCNCC2)cc2c(F)cccc21. The second-order valence-electron chi connectivity index (χ2n) is 5.08. The van der Waals surface area contributed by atoms with Gasteiger partial charge in [-0.2, -0.15) is 0 Å². The summed E-state index contributed by atoms with van der Waals surface area (Å²) < 4.78 is 16.1. The van der Waals surface area contributed by atoms with Crippen LogP contribution in [0, 0.1) is 5.82 Å². The molecule has 0 atom stereocenters. The molecule has 2 aromatic rings. The smallest absolute Gasteiger partial charge is 0.132 e. The Morgan fingerprint density at radius 2 is 2.05 bits per heavy atom. The maximum absolute atomic E-state index is 13.9. The van der Waals surface area contributed by atoms with Crippen LogP contribution in [-0.4, -0.2) is 35.6 Å². The van der Waals surface area contributed by atoms with Gasteiger partial charge in [0.25, 0.3) is 0 Å². The van der Waals surface area contributed by atoms with Crippen molar-refractivity contribution in [2.24, 2.45) is 0 Å². The Kier molecular flexibility index (Phi) is 3.53. The topological polar surface area (TPSA) is 20.2 Å². The predicted octanol–water partition coefficient (Wildman–Crippen LogP) is 2.21. The number of hydrogen-bond acceptors (Lipinski definition) is 2. The molecule has 1 aromatic heterocycles. The summed E-state index contributed by atoms with van der Waals surface area (Å²) in [6.07, 6.45) is 0. The third kappa shape index (κ3) is 2.38. The molecule has 0 bridgehead atoms. The molecule has 1 aliphatic heterocycles. The lowest BCUT2D eigenvalue weighted by molar-refractivity contribution is 0.228. The number of nitrogens with zero attached hydrogens (tertiary/aromatic N) is 2. The fourth-order valence-electron chi connectivity index (χ4n) is 2.91. The summed E-state index contributed by atoms with van der Waals surface area (Å²) in [6.45, 7) is 8.12. The van der Waals surface area contributed by atoms with Crippen LogP contribution in [0.3, 0.4) is 0 Å². The Hall–Kier alpha value is -1.39. The summed E-state index contributed by atoms with van der Waals surface area (Å²) in [5.41, 5.74) is 2.22. The number of hydrogen-bond donors (Lipinski definition) is 1. The van der Waals surface area contributed by atoms with Gasteiger partial charge >= 0.3 is 0 Å². The minimum absolute atomic E-state index is 0.119. The van der Waals surface area contributed by atoms with E-state index in [1.807, 2.05) is 12.1 Å². The second-order valence-corrected chi connectivity index (χ2v) is 5.08. The third-order valence-corrected chi connectivity index (χ3v) is 3.89. The van der Waals surface area contributed by atoms with Crippen LogP contribution in [0.25, 0.3) is 10.9 Å². The van der Waals surface area contributed by atoms with Gasteiger partial charge < -0.3 is 9.88 Å². The van der Waals surface area contributed by atoms with E-state index in [4.69, 9.17) is 0 Å². The average molecular weight is 261 g/mol. The molecule has 2 heterocycles. The first-order valence-electron chi connectivity index (χ1n) is 6.99. The first-order valence-corrected chi connectivity index (χ1v) is 6.99. The molecule has 0 spiro atoms. The fourth-order valence-corrected chi connectivity index (χ4v) is 2.91. The van der Waals surface area contributed by atoms with E-state index >= 15 is 0 Å². The van der Waals surface area contributed by atoms with E-state index in [0.717, 1.165) is 50.2 Å². The highest BCUT2D eigenvalue weighted by Gasteiger charge is 2.15. The molecule has 0 unspecified atom stereocenters. The Bertz CT molecular complexity index is 570. The number of benzene rings is 1. The van der Waals surface area contributed by atoms with Crippen molar-refractivity contribution in [3.05, 3.63) is 35.8 Å². The molecule has 0 saturated carbocycles. The average Bonchev–Trinajstić information content (AvgIpc) is 2.79. The van der Waals surface area contributed by atoms with Gasteiger partial charge in [0.15, 0.2) is 0 Å². The molecule has 1 aromatic carbocycles. The number of aromatic nitrogens is 1. The van der Waals surface area contributed by atoms with E-state index in [1.165, 1.54) is 11.8 Å². The molecule has 0 amide bonds. The molecule has 1 saturated heterocycles. The zero-order valence-electron chi connectivity index (χ0n) is 11.3. The van der Waals surface area contributed by atoms with Crippen molar-refractivity contribution in [1.82, 2.24) is 14.8 Å². The van der Waals surface area contributed by atoms with E-state index in [1.54, 1.807) is 6.07 Å². The van der Waals surface area contributed by atoms with E-state index in [-0.39, 0.29) is 5.82 Å². The number of rotatable bonds is 3. The molecule has 3 nitrogen and oxygen atoms in total. The highest BCUT2D eigenvalue weighted by molar-refractivity contribution is 5.82. The van der Waals surface area contributed by atoms with Gasteiger partial charge in [-0.25, -0.2) is 4.39 Å². The first kappa shape index (κ1) is 12.6. The number of aryl methyl sites for hydroxylation is 1. The van der Waals surface area contributed by atoms with Crippen molar-refractivity contribution in [2.45, 2.75) is 20.0 Å². The summed E-state index contributed by atoms with van der Waals surface area (Å²) in [4.78, 5) is 2.43. The monoisotopic (exact) mass is 261 g/mol. The summed E-state index contributed by atoms with van der Waals surface area (Å²) >= 11 is 0. The molecule has 0 radical (unpaired) electrons. The predicted molar refractivity (Wildman–Crippen MR) is 75.7 cm³/mol. The van der Waals surface area contributed by atoms with Crippen molar-refractivity contribution in [3.63, 3.8) is 0 Å². The van der Waals surface area contributed by atoms with Crippen LogP contribution >= 0.6 is 0 Å². The van der Waals surface area contributed by atoms with Crippen molar-refractivity contribution >= 4 is 10.9 Å². The molecular weight excluding hydrogens is 241 g/mol. The molecular formula is C15H20FN3. The lowest BCUT2D eigenvalue weighted by Gasteiger charge is -2.27. The number of halogens is 1. The van der Waals surface area contributed by atoms with Gasteiger partial charge in [0.2, 0.25) is 0 Å². The molecule has 3 rings (SSSR count). The maximum atomic E-state index is 13.9. The number of piperazine rings is 1. The maximum Gasteiger partial charge on any atom is 0.132 e. The van der Waals surface area contributed by atoms with Gasteiger partial charge in [-0.1, -0.05) is 6.07 Å². The quantitative estimate of drug-likeness (QED) is 0.914. The molecule has 1 fully saturated rings. The minimum Gasteiger partial charge on any atom is -0.344 e. The van der Waals surface area contributed by atoms with Crippen molar-refractivity contribution in [1.29, 1.82) is 0 Å². The Balaban J connectivity index is 1.95. The van der Waals surface area contributed by atoms with Crippen molar-refractivity contribution in [3.8, 4) is 0 Å². The summed E-state index contributed by atoms with van der Waals surface area (Å²) in [6, 6.07) is 7.34. The lowest BCUT2D eigenvalue weighted by Crippen LogP contribution is -2.43. The Morgan fingerprint density at radius 1 is 1.26 bits per heavy atom. The van der Waals surface area contributed by atoms with Crippen molar-refractivity contribution in [2.75, 3.05) is 26.2 Å². The highest BCUT2D eigenvalue weighted by Crippen LogP contribution is 2.23. The highest BCUT2D eigenvalue weighted by atomic mass is 19.1. The van der Waals surface area contributed by atoms with Gasteiger partial charge in [-0.15, -0.1) is 0 Å². The van der Waals surface area contributed by atoms with Gasteiger partial charge in [-0.3, -0.25) is 4.90 Å². The summed E-state index contributed by atoms with van der Waals surface area (Å²) in [5.74, 6) is -0.119. The van der Waals surface area contributed by atoms with Crippen LogP contribution in [0.15, 0.2) is 24.3 Å². The van der Waals surface area contributed by atoms with Gasteiger partial charge in [-0.05, 0) is 25.1 Å². The van der Waals surface area contributed by atoms with Crippen LogP contribution in [0.5, 0.6) is 0 Å². The lowest BCUT2D eigenvalue weighted by atomic mass is 10.2. The largest absolute Gasteiger partial charge is 0.344 e. The second kappa shape index (κ2) is 5.31. The standard InChI is InChI=1S/C15H20FN3/c1-2-19-12(11-18-8-6-17-7-9-18)10-13-14(16)4-3-5-15(13)19/h3-5,10,17H,2,6-9,11H2,1H3. The fraction of sp³-hybridized carbons (Fsp3) is 0.467. The van der Waals surface area contributed by atoms with Crippen LogP contribution in [0.1, 0.15) is 12.6 Å². The molecule has 19 heavy (non-hydrogen) atoms. The summed E-state index contributed by atoms with van der Waals surface area (Å²) in [7, 11) is 0. The van der Waals surface area contributed by atoms with Gasteiger partial charge in [0, 0.05) is 50.3 Å². The minimum atomic E-state index is -0.119. The van der Waals surface area contributed by atoms with E-state index in [0.29, 0.717) is 0 Å². The normalized spacial score (nSPS) is 17.2. The number of fused-ring (bicyclic) bond motifs is 1. The molecule has 4 heteroatoms. The van der Waals surface area contributed by atoms with Crippen LogP contribution in [-0.2, 0) is 13.1 Å². The molecule has 1 aliphatic rings. The van der Waals surface area contributed by atoms with Crippen LogP contribution < -0.4 is 5.32 Å². The molecule has 102 valence electrons. The molecule has 1 N–H and O–H groups in total. The third-order valence-electron chi connectivity index (χ3n) is 3.89. The van der Waals surface area contributed by atoms with Crippen LogP contribution in [0.4, 0.5) is 4.39 Å². The van der Waals surface area contributed by atoms with E-state index in [9.17, 15) is 4.39 Å². The Morgan fingerprint density at radius 3 is 2.79 bits per heavy atom. The zero-order valence-corrected chi connectivity index (χ0v) is 11.3. The van der Waals surface area contributed by atoms with Gasteiger partial charge in [0.05, 0.1) is 5.52 Å². The first-order chi connectivity index (χ1) is 9.29. The van der Waals surface area contributed by atoms with E-state index in [2.05, 4.69) is 21.7 Å². The summed E-state index contributed by atoms with van der Waals surface area (Å²) in [5, 5.41) is 4.10.